The molecule has 15 heavy (non-hydrogen) atoms. The van der Waals surface area contributed by atoms with Gasteiger partial charge in [0.2, 0.25) is 10.0 Å². The highest BCUT2D eigenvalue weighted by Gasteiger charge is 2.63. The van der Waals surface area contributed by atoms with Crippen molar-refractivity contribution in [1.29, 1.82) is 0 Å². The Morgan fingerprint density at radius 2 is 1.67 bits per heavy atom. The molecule has 4 nitrogen and oxygen atoms in total. The first kappa shape index (κ1) is 12.9. The number of nitrogens with two attached hydrogens (primary N) is 1. The fourth-order valence-corrected chi connectivity index (χ4v) is 2.73. The lowest BCUT2D eigenvalue weighted by Gasteiger charge is -2.04. The van der Waals surface area contributed by atoms with Gasteiger partial charge in [0.05, 0.1) is 5.75 Å². The van der Waals surface area contributed by atoms with Crippen molar-refractivity contribution in [3.8, 4) is 0 Å². The highest BCUT2D eigenvalue weighted by atomic mass is 32.2. The molecule has 0 amide bonds. The molecule has 3 N–H and O–H groups in total. The average molecular weight is 234 g/mol. The Bertz CT molecular complexity index is 319. The van der Waals surface area contributed by atoms with Crippen LogP contribution < -0.4 is 10.5 Å². The molecule has 0 radical (unpaired) electrons. The van der Waals surface area contributed by atoms with Gasteiger partial charge < -0.3 is 5.32 Å². The molecule has 1 saturated carbocycles. The van der Waals surface area contributed by atoms with Gasteiger partial charge in [-0.3, -0.25) is 0 Å². The largest absolute Gasteiger partial charge is 0.315 e. The first-order valence-electron chi connectivity index (χ1n) is 5.30. The Labute approximate surface area is 92.7 Å². The fourth-order valence-electron chi connectivity index (χ4n) is 2.30. The molecule has 1 aliphatic rings. The van der Waals surface area contributed by atoms with Gasteiger partial charge in [0, 0.05) is 6.54 Å². The summed E-state index contributed by atoms with van der Waals surface area (Å²) < 4.78 is 21.4. The Balaban J connectivity index is 2.25. The number of hydrogen-bond acceptors (Lipinski definition) is 3. The maximum absolute atomic E-state index is 10.7. The number of primary sulfonamides is 1. The second-order valence-electron chi connectivity index (χ2n) is 5.57. The van der Waals surface area contributed by atoms with Crippen LogP contribution in [0.2, 0.25) is 0 Å². The summed E-state index contributed by atoms with van der Waals surface area (Å²) in [5.41, 5.74) is 0.698. The second-order valence-corrected chi connectivity index (χ2v) is 7.30. The highest BCUT2D eigenvalue weighted by molar-refractivity contribution is 7.89. The van der Waals surface area contributed by atoms with Crippen molar-refractivity contribution >= 4 is 10.0 Å². The van der Waals surface area contributed by atoms with E-state index in [1.807, 2.05) is 0 Å². The van der Waals surface area contributed by atoms with Gasteiger partial charge in [-0.15, -0.1) is 0 Å². The van der Waals surface area contributed by atoms with Gasteiger partial charge in [-0.25, -0.2) is 13.6 Å². The Morgan fingerprint density at radius 3 is 2.00 bits per heavy atom. The molecule has 1 rings (SSSR count). The minimum Gasteiger partial charge on any atom is -0.315 e. The lowest BCUT2D eigenvalue weighted by Crippen LogP contribution is -2.29. The van der Waals surface area contributed by atoms with Crippen LogP contribution in [0.25, 0.3) is 0 Å². The number of sulfonamides is 1. The maximum Gasteiger partial charge on any atom is 0.210 e. The van der Waals surface area contributed by atoms with Gasteiger partial charge in [0.15, 0.2) is 0 Å². The first-order chi connectivity index (χ1) is 6.59. The van der Waals surface area contributed by atoms with Crippen molar-refractivity contribution in [3.63, 3.8) is 0 Å². The molecule has 0 heterocycles. The molecule has 0 unspecified atom stereocenters. The molecule has 0 aromatic carbocycles. The molecular weight excluding hydrogens is 212 g/mol. The fraction of sp³-hybridized carbons (Fsp3) is 1.00. The number of rotatable bonds is 5. The van der Waals surface area contributed by atoms with E-state index in [2.05, 4.69) is 33.0 Å². The zero-order valence-corrected chi connectivity index (χ0v) is 10.8. The predicted octanol–water partition coefficient (Wildman–Crippen LogP) is 0.547. The van der Waals surface area contributed by atoms with Crippen molar-refractivity contribution in [2.24, 2.45) is 21.9 Å². The molecule has 0 atom stereocenters. The highest BCUT2D eigenvalue weighted by Crippen LogP contribution is 2.67. The summed E-state index contributed by atoms with van der Waals surface area (Å²) in [7, 11) is -3.32. The van der Waals surface area contributed by atoms with Crippen LogP contribution in [0, 0.1) is 16.7 Å². The van der Waals surface area contributed by atoms with E-state index in [9.17, 15) is 8.42 Å². The van der Waals surface area contributed by atoms with Crippen LogP contribution in [0.15, 0.2) is 0 Å². The first-order valence-corrected chi connectivity index (χ1v) is 7.02. The third kappa shape index (κ3) is 2.71. The van der Waals surface area contributed by atoms with Crippen LogP contribution in [0.3, 0.4) is 0 Å². The van der Waals surface area contributed by atoms with Crippen molar-refractivity contribution in [2.75, 3.05) is 18.8 Å². The summed E-state index contributed by atoms with van der Waals surface area (Å²) in [4.78, 5) is 0. The summed E-state index contributed by atoms with van der Waals surface area (Å²) in [5.74, 6) is 0.631. The number of nitrogens with one attached hydrogen (secondary N) is 1. The van der Waals surface area contributed by atoms with Crippen molar-refractivity contribution in [2.45, 2.75) is 27.7 Å². The monoisotopic (exact) mass is 234 g/mol. The summed E-state index contributed by atoms with van der Waals surface area (Å²) >= 11 is 0. The topological polar surface area (TPSA) is 72.2 Å². The van der Waals surface area contributed by atoms with Crippen molar-refractivity contribution in [3.05, 3.63) is 0 Å². The van der Waals surface area contributed by atoms with Crippen LogP contribution in [-0.4, -0.2) is 27.3 Å². The zero-order chi connectivity index (χ0) is 11.9. The second kappa shape index (κ2) is 3.71. The molecule has 0 saturated heterocycles. The van der Waals surface area contributed by atoms with Gasteiger partial charge in [0.25, 0.3) is 0 Å². The lowest BCUT2D eigenvalue weighted by molar-refractivity contribution is 0.457. The summed E-state index contributed by atoms with van der Waals surface area (Å²) in [6.07, 6.45) is 0. The van der Waals surface area contributed by atoms with E-state index in [1.54, 1.807) is 0 Å². The van der Waals surface area contributed by atoms with E-state index in [4.69, 9.17) is 5.14 Å². The molecule has 0 spiro atoms. The Kier molecular flexibility index (Phi) is 3.20. The lowest BCUT2D eigenvalue weighted by atomic mass is 10.0. The van der Waals surface area contributed by atoms with Gasteiger partial charge in [-0.05, 0) is 23.3 Å². The molecule has 90 valence electrons. The van der Waals surface area contributed by atoms with Crippen LogP contribution in [0.1, 0.15) is 27.7 Å². The minimum atomic E-state index is -3.32. The van der Waals surface area contributed by atoms with E-state index < -0.39 is 10.0 Å². The third-order valence-electron chi connectivity index (χ3n) is 4.23. The van der Waals surface area contributed by atoms with Crippen LogP contribution >= 0.6 is 0 Å². The zero-order valence-electron chi connectivity index (χ0n) is 10.0. The number of hydrogen-bond donors (Lipinski definition) is 2. The van der Waals surface area contributed by atoms with Crippen molar-refractivity contribution < 1.29 is 8.42 Å². The van der Waals surface area contributed by atoms with E-state index in [0.29, 0.717) is 23.3 Å². The van der Waals surface area contributed by atoms with Crippen LogP contribution in [0.5, 0.6) is 0 Å². The van der Waals surface area contributed by atoms with Gasteiger partial charge in [0.1, 0.15) is 0 Å². The maximum atomic E-state index is 10.7. The van der Waals surface area contributed by atoms with Crippen LogP contribution in [-0.2, 0) is 10.0 Å². The van der Waals surface area contributed by atoms with E-state index in [0.717, 1.165) is 6.54 Å². The quantitative estimate of drug-likeness (QED) is 0.682. The summed E-state index contributed by atoms with van der Waals surface area (Å²) in [5, 5.41) is 8.06. The Hall–Kier alpha value is -0.130. The smallest absolute Gasteiger partial charge is 0.210 e. The van der Waals surface area contributed by atoms with E-state index in [-0.39, 0.29) is 5.75 Å². The molecule has 0 aliphatic heterocycles. The van der Waals surface area contributed by atoms with Gasteiger partial charge in [-0.2, -0.15) is 0 Å². The SMILES string of the molecule is CC1(C)C(CNCCS(N)(=O)=O)C1(C)C. The van der Waals surface area contributed by atoms with E-state index >= 15 is 0 Å². The third-order valence-corrected chi connectivity index (χ3v) is 5.00. The molecule has 1 fully saturated rings. The molecule has 0 aromatic rings. The molecule has 5 heteroatoms. The predicted molar refractivity (Wildman–Crippen MR) is 61.9 cm³/mol. The van der Waals surface area contributed by atoms with Crippen LogP contribution in [0.4, 0.5) is 0 Å². The van der Waals surface area contributed by atoms with Gasteiger partial charge in [-0.1, -0.05) is 27.7 Å². The normalized spacial score (nSPS) is 24.1. The molecule has 1 aliphatic carbocycles. The Morgan fingerprint density at radius 1 is 1.20 bits per heavy atom. The standard InChI is InChI=1S/C10H22N2O2S/c1-9(2)8(10(9,3)4)7-12-5-6-15(11,13)14/h8,12H,5-7H2,1-4H3,(H2,11,13,14). The van der Waals surface area contributed by atoms with Crippen molar-refractivity contribution in [1.82, 2.24) is 5.32 Å². The average Bonchev–Trinajstić information content (AvgIpc) is 2.36. The molecule has 0 bridgehead atoms. The van der Waals surface area contributed by atoms with Gasteiger partial charge >= 0.3 is 0 Å². The summed E-state index contributed by atoms with van der Waals surface area (Å²) in [6, 6.07) is 0. The minimum absolute atomic E-state index is 0.0145. The molecule has 0 aromatic heterocycles. The molecular formula is C10H22N2O2S. The summed E-state index contributed by atoms with van der Waals surface area (Å²) in [6.45, 7) is 10.3. The van der Waals surface area contributed by atoms with E-state index in [1.165, 1.54) is 0 Å².